The van der Waals surface area contributed by atoms with E-state index in [0.29, 0.717) is 28.6 Å². The monoisotopic (exact) mass is 421 g/mol. The van der Waals surface area contributed by atoms with Gasteiger partial charge in [0.15, 0.2) is 0 Å². The van der Waals surface area contributed by atoms with Crippen molar-refractivity contribution in [2.24, 2.45) is 0 Å². The van der Waals surface area contributed by atoms with Crippen LogP contribution in [0.3, 0.4) is 0 Å². The maximum Gasteiger partial charge on any atom is 0.269 e. The summed E-state index contributed by atoms with van der Waals surface area (Å²) >= 11 is 13.3. The average molecular weight is 422 g/mol. The van der Waals surface area contributed by atoms with Crippen LogP contribution in [0.25, 0.3) is 11.3 Å². The SMILES string of the molecule is O=C(NCCc1nc(-c2ccc([N+](=O)[O-])cc2)cs1)c1ccc(Cl)cc1Cl. The van der Waals surface area contributed by atoms with E-state index in [1.165, 1.54) is 29.5 Å². The number of rotatable bonds is 6. The number of non-ortho nitro benzene ring substituents is 1. The molecule has 0 fully saturated rings. The summed E-state index contributed by atoms with van der Waals surface area (Å²) in [6.07, 6.45) is 0.564. The van der Waals surface area contributed by atoms with Crippen molar-refractivity contribution < 1.29 is 9.72 Å². The van der Waals surface area contributed by atoms with Crippen LogP contribution >= 0.6 is 34.5 Å². The highest BCUT2D eigenvalue weighted by Gasteiger charge is 2.11. The van der Waals surface area contributed by atoms with E-state index in [0.717, 1.165) is 16.3 Å². The molecule has 2 aromatic carbocycles. The van der Waals surface area contributed by atoms with Gasteiger partial charge in [0.05, 0.1) is 26.2 Å². The molecule has 0 bridgehead atoms. The molecular weight excluding hydrogens is 409 g/mol. The van der Waals surface area contributed by atoms with Crippen molar-refractivity contribution in [2.45, 2.75) is 6.42 Å². The topological polar surface area (TPSA) is 85.1 Å². The first-order valence-electron chi connectivity index (χ1n) is 7.86. The number of aromatic nitrogens is 1. The molecule has 0 unspecified atom stereocenters. The standard InChI is InChI=1S/C18H13Cl2N3O3S/c19-12-3-6-14(15(20)9-12)18(24)21-8-7-17-22-16(10-27-17)11-1-4-13(5-2-11)23(25)26/h1-6,9-10H,7-8H2,(H,21,24). The van der Waals surface area contributed by atoms with Crippen LogP contribution in [0.2, 0.25) is 10.0 Å². The third-order valence-corrected chi connectivity index (χ3v) is 5.18. The van der Waals surface area contributed by atoms with E-state index in [-0.39, 0.29) is 11.6 Å². The molecule has 1 aromatic heterocycles. The summed E-state index contributed by atoms with van der Waals surface area (Å²) in [6.45, 7) is 0.408. The molecule has 138 valence electrons. The number of halogens is 2. The molecule has 9 heteroatoms. The molecule has 0 atom stereocenters. The molecule has 0 saturated heterocycles. The van der Waals surface area contributed by atoms with E-state index < -0.39 is 4.92 Å². The zero-order valence-electron chi connectivity index (χ0n) is 13.8. The Morgan fingerprint density at radius 1 is 1.19 bits per heavy atom. The van der Waals surface area contributed by atoms with Crippen LogP contribution in [-0.4, -0.2) is 22.4 Å². The van der Waals surface area contributed by atoms with Crippen LogP contribution in [0.15, 0.2) is 47.8 Å². The van der Waals surface area contributed by atoms with Crippen molar-refractivity contribution in [1.29, 1.82) is 0 Å². The molecule has 1 N–H and O–H groups in total. The lowest BCUT2D eigenvalue weighted by molar-refractivity contribution is -0.384. The van der Waals surface area contributed by atoms with Crippen molar-refractivity contribution in [3.8, 4) is 11.3 Å². The van der Waals surface area contributed by atoms with Gasteiger partial charge < -0.3 is 5.32 Å². The molecule has 0 radical (unpaired) electrons. The average Bonchev–Trinajstić information content (AvgIpc) is 3.10. The van der Waals surface area contributed by atoms with Gasteiger partial charge in [-0.2, -0.15) is 0 Å². The predicted octanol–water partition coefficient (Wildman–Crippen LogP) is 5.00. The molecule has 0 saturated carbocycles. The van der Waals surface area contributed by atoms with Crippen molar-refractivity contribution in [3.63, 3.8) is 0 Å². The van der Waals surface area contributed by atoms with Gasteiger partial charge in [-0.15, -0.1) is 11.3 Å². The Morgan fingerprint density at radius 2 is 1.93 bits per heavy atom. The van der Waals surface area contributed by atoms with Gasteiger partial charge in [0, 0.05) is 41.1 Å². The Labute approximate surface area is 168 Å². The zero-order valence-corrected chi connectivity index (χ0v) is 16.1. The van der Waals surface area contributed by atoms with Crippen molar-refractivity contribution >= 4 is 46.1 Å². The third kappa shape index (κ3) is 4.82. The number of nitro benzene ring substituents is 1. The number of thiazole rings is 1. The number of amides is 1. The summed E-state index contributed by atoms with van der Waals surface area (Å²) < 4.78 is 0. The van der Waals surface area contributed by atoms with Crippen LogP contribution in [0.4, 0.5) is 5.69 Å². The summed E-state index contributed by atoms with van der Waals surface area (Å²) in [4.78, 5) is 26.9. The van der Waals surface area contributed by atoms with Crippen molar-refractivity contribution in [3.05, 3.63) is 78.6 Å². The fourth-order valence-corrected chi connectivity index (χ4v) is 3.67. The molecule has 3 aromatic rings. The van der Waals surface area contributed by atoms with Gasteiger partial charge in [0.25, 0.3) is 11.6 Å². The first-order chi connectivity index (χ1) is 12.9. The van der Waals surface area contributed by atoms with E-state index in [4.69, 9.17) is 23.2 Å². The Bertz CT molecular complexity index is 990. The van der Waals surface area contributed by atoms with E-state index in [9.17, 15) is 14.9 Å². The molecule has 0 aliphatic carbocycles. The summed E-state index contributed by atoms with van der Waals surface area (Å²) in [6, 6.07) is 10.9. The number of hydrogen-bond acceptors (Lipinski definition) is 5. The quantitative estimate of drug-likeness (QED) is 0.448. The Morgan fingerprint density at radius 3 is 2.59 bits per heavy atom. The van der Waals surface area contributed by atoms with Gasteiger partial charge in [0.1, 0.15) is 0 Å². The summed E-state index contributed by atoms with van der Waals surface area (Å²) in [5.74, 6) is -0.274. The number of nitro groups is 1. The lowest BCUT2D eigenvalue weighted by Crippen LogP contribution is -2.25. The number of benzene rings is 2. The minimum atomic E-state index is -0.439. The molecular formula is C18H13Cl2N3O3S. The zero-order chi connectivity index (χ0) is 19.4. The van der Waals surface area contributed by atoms with Crippen LogP contribution in [0.1, 0.15) is 15.4 Å². The van der Waals surface area contributed by atoms with E-state index in [1.807, 2.05) is 5.38 Å². The highest BCUT2D eigenvalue weighted by Crippen LogP contribution is 2.24. The van der Waals surface area contributed by atoms with Gasteiger partial charge >= 0.3 is 0 Å². The van der Waals surface area contributed by atoms with E-state index in [1.54, 1.807) is 24.3 Å². The maximum absolute atomic E-state index is 12.2. The molecule has 1 heterocycles. The second kappa shape index (κ2) is 8.47. The number of carbonyl (C=O) groups excluding carboxylic acids is 1. The molecule has 27 heavy (non-hydrogen) atoms. The highest BCUT2D eigenvalue weighted by molar-refractivity contribution is 7.09. The molecule has 0 spiro atoms. The maximum atomic E-state index is 12.2. The Hall–Kier alpha value is -2.48. The third-order valence-electron chi connectivity index (χ3n) is 3.73. The first-order valence-corrected chi connectivity index (χ1v) is 9.50. The van der Waals surface area contributed by atoms with E-state index >= 15 is 0 Å². The predicted molar refractivity (Wildman–Crippen MR) is 107 cm³/mol. The lowest BCUT2D eigenvalue weighted by atomic mass is 10.1. The fraction of sp³-hybridized carbons (Fsp3) is 0.111. The minimum absolute atomic E-state index is 0.0396. The number of hydrogen-bond donors (Lipinski definition) is 1. The summed E-state index contributed by atoms with van der Waals surface area (Å²) in [7, 11) is 0. The van der Waals surface area contributed by atoms with E-state index in [2.05, 4.69) is 10.3 Å². The van der Waals surface area contributed by atoms with Crippen LogP contribution in [0.5, 0.6) is 0 Å². The smallest absolute Gasteiger partial charge is 0.269 e. The number of nitrogens with one attached hydrogen (secondary N) is 1. The molecule has 6 nitrogen and oxygen atoms in total. The summed E-state index contributed by atoms with van der Waals surface area (Å²) in [5.41, 5.74) is 1.96. The number of nitrogens with zero attached hydrogens (tertiary/aromatic N) is 2. The largest absolute Gasteiger partial charge is 0.352 e. The second-order valence-electron chi connectivity index (χ2n) is 5.56. The van der Waals surface area contributed by atoms with Gasteiger partial charge in [-0.25, -0.2) is 4.98 Å². The van der Waals surface area contributed by atoms with Crippen LogP contribution < -0.4 is 5.32 Å². The molecule has 0 aliphatic rings. The van der Waals surface area contributed by atoms with Crippen LogP contribution in [0, 0.1) is 10.1 Å². The normalized spacial score (nSPS) is 10.6. The van der Waals surface area contributed by atoms with Gasteiger partial charge in [-0.05, 0) is 30.3 Å². The molecule has 0 aliphatic heterocycles. The molecule has 1 amide bonds. The Balaban J connectivity index is 1.58. The van der Waals surface area contributed by atoms with Crippen molar-refractivity contribution in [2.75, 3.05) is 6.54 Å². The Kier molecular flexibility index (Phi) is 6.05. The minimum Gasteiger partial charge on any atom is -0.352 e. The van der Waals surface area contributed by atoms with Gasteiger partial charge in [-0.3, -0.25) is 14.9 Å². The molecule has 3 rings (SSSR count). The first kappa shape index (κ1) is 19.3. The summed E-state index contributed by atoms with van der Waals surface area (Å²) in [5, 5.41) is 17.0. The highest BCUT2D eigenvalue weighted by atomic mass is 35.5. The number of carbonyl (C=O) groups is 1. The van der Waals surface area contributed by atoms with Crippen molar-refractivity contribution in [1.82, 2.24) is 10.3 Å². The lowest BCUT2D eigenvalue weighted by Gasteiger charge is -2.06. The van der Waals surface area contributed by atoms with Gasteiger partial charge in [0.2, 0.25) is 0 Å². The second-order valence-corrected chi connectivity index (χ2v) is 7.35. The van der Waals surface area contributed by atoms with Gasteiger partial charge in [-0.1, -0.05) is 23.2 Å². The van der Waals surface area contributed by atoms with Crippen LogP contribution in [-0.2, 0) is 6.42 Å². The fourth-order valence-electron chi connectivity index (χ4n) is 2.36.